The first-order valence-corrected chi connectivity index (χ1v) is 10.3. The fraction of sp³-hybridized carbons (Fsp3) is 0.190. The summed E-state index contributed by atoms with van der Waals surface area (Å²) >= 11 is 7.03. The summed E-state index contributed by atoms with van der Waals surface area (Å²) in [5, 5.41) is 19.3. The largest absolute Gasteiger partial charge is 0.494 e. The van der Waals surface area contributed by atoms with E-state index in [2.05, 4.69) is 10.2 Å². The van der Waals surface area contributed by atoms with Crippen LogP contribution in [0, 0.1) is 0 Å². The summed E-state index contributed by atoms with van der Waals surface area (Å²) < 4.78 is 7.30. The number of aromatic nitrogens is 3. The lowest BCUT2D eigenvalue weighted by Gasteiger charge is -2.08. The van der Waals surface area contributed by atoms with Gasteiger partial charge in [0, 0.05) is 17.1 Å². The van der Waals surface area contributed by atoms with Gasteiger partial charge < -0.3 is 14.4 Å². The summed E-state index contributed by atoms with van der Waals surface area (Å²) in [4.78, 5) is 12.0. The highest BCUT2D eigenvalue weighted by Gasteiger charge is 2.18. The minimum Gasteiger partial charge on any atom is -0.494 e. The lowest BCUT2D eigenvalue weighted by molar-refractivity contribution is -0.131. The Hall–Kier alpha value is -2.77. The molecule has 0 radical (unpaired) electrons. The van der Waals surface area contributed by atoms with Gasteiger partial charge in [0.15, 0.2) is 11.0 Å². The van der Waals surface area contributed by atoms with E-state index in [-0.39, 0.29) is 4.91 Å². The van der Waals surface area contributed by atoms with Gasteiger partial charge in [-0.2, -0.15) is 0 Å². The number of aliphatic carboxylic acids is 1. The fourth-order valence-electron chi connectivity index (χ4n) is 2.67. The van der Waals surface area contributed by atoms with Crippen molar-refractivity contribution in [2.45, 2.75) is 25.5 Å². The van der Waals surface area contributed by atoms with E-state index in [4.69, 9.17) is 16.3 Å². The maximum absolute atomic E-state index is 11.8. The second-order valence-corrected chi connectivity index (χ2v) is 7.42. The van der Waals surface area contributed by atoms with Crippen LogP contribution >= 0.6 is 23.4 Å². The molecule has 2 aromatic carbocycles. The van der Waals surface area contributed by atoms with E-state index >= 15 is 0 Å². The Labute approximate surface area is 178 Å². The standard InChI is InChI=1S/C21H20ClN3O3S/c1-3-25-19(15-7-9-16(22)10-8-15)23-24-21(25)29-18(20(26)27)13-14-5-11-17(12-6-14)28-4-2/h5-13H,3-4H2,1-2H3,(H,26,27)/b18-13-. The quantitative estimate of drug-likeness (QED) is 0.390. The number of rotatable bonds is 8. The number of hydrogen-bond donors (Lipinski definition) is 1. The van der Waals surface area contributed by atoms with Crippen molar-refractivity contribution in [3.8, 4) is 17.1 Å². The molecule has 8 heteroatoms. The first-order chi connectivity index (χ1) is 14.0. The Bertz CT molecular complexity index is 1010. The molecule has 1 heterocycles. The predicted octanol–water partition coefficient (Wildman–Crippen LogP) is 5.23. The molecule has 0 spiro atoms. The molecular weight excluding hydrogens is 410 g/mol. The van der Waals surface area contributed by atoms with Crippen LogP contribution in [0.4, 0.5) is 0 Å². The number of carboxylic acid groups (broad SMARTS) is 1. The van der Waals surface area contributed by atoms with E-state index in [0.717, 1.165) is 28.6 Å². The minimum absolute atomic E-state index is 0.152. The second kappa shape index (κ2) is 9.62. The van der Waals surface area contributed by atoms with Crippen molar-refractivity contribution in [1.29, 1.82) is 0 Å². The van der Waals surface area contributed by atoms with Gasteiger partial charge in [-0.15, -0.1) is 10.2 Å². The average Bonchev–Trinajstić information content (AvgIpc) is 3.12. The molecule has 29 heavy (non-hydrogen) atoms. The maximum Gasteiger partial charge on any atom is 0.342 e. The first-order valence-electron chi connectivity index (χ1n) is 9.06. The van der Waals surface area contributed by atoms with Gasteiger partial charge in [-0.25, -0.2) is 4.79 Å². The van der Waals surface area contributed by atoms with Crippen molar-refractivity contribution < 1.29 is 14.6 Å². The Morgan fingerprint density at radius 2 is 1.83 bits per heavy atom. The summed E-state index contributed by atoms with van der Waals surface area (Å²) in [6.45, 7) is 5.05. The molecule has 0 amide bonds. The monoisotopic (exact) mass is 429 g/mol. The summed E-state index contributed by atoms with van der Waals surface area (Å²) in [6.07, 6.45) is 1.61. The number of carbonyl (C=O) groups is 1. The molecule has 0 aliphatic rings. The number of nitrogens with zero attached hydrogens (tertiary/aromatic N) is 3. The predicted molar refractivity (Wildman–Crippen MR) is 115 cm³/mol. The van der Waals surface area contributed by atoms with Crippen LogP contribution < -0.4 is 4.74 Å². The third kappa shape index (κ3) is 5.19. The molecule has 0 aliphatic carbocycles. The molecule has 3 aromatic rings. The fourth-order valence-corrected chi connectivity index (χ4v) is 3.69. The highest BCUT2D eigenvalue weighted by Crippen LogP contribution is 2.31. The summed E-state index contributed by atoms with van der Waals surface area (Å²) in [5.41, 5.74) is 1.63. The van der Waals surface area contributed by atoms with Crippen LogP contribution in [0.25, 0.3) is 17.5 Å². The maximum atomic E-state index is 11.8. The van der Waals surface area contributed by atoms with Crippen molar-refractivity contribution in [1.82, 2.24) is 14.8 Å². The van der Waals surface area contributed by atoms with E-state index in [9.17, 15) is 9.90 Å². The third-order valence-electron chi connectivity index (χ3n) is 4.04. The Kier molecular flexibility index (Phi) is 6.95. The molecule has 150 valence electrons. The molecule has 1 N–H and O–H groups in total. The zero-order valence-corrected chi connectivity index (χ0v) is 17.6. The number of halogens is 1. The lowest BCUT2D eigenvalue weighted by Crippen LogP contribution is -2.02. The van der Waals surface area contributed by atoms with Gasteiger partial charge in [0.2, 0.25) is 0 Å². The van der Waals surface area contributed by atoms with Crippen LogP contribution in [-0.2, 0) is 11.3 Å². The zero-order chi connectivity index (χ0) is 20.8. The zero-order valence-electron chi connectivity index (χ0n) is 16.0. The first kappa shape index (κ1) is 21.0. The van der Waals surface area contributed by atoms with Gasteiger partial charge in [0.05, 0.1) is 6.61 Å². The highest BCUT2D eigenvalue weighted by molar-refractivity contribution is 8.04. The number of carboxylic acids is 1. The van der Waals surface area contributed by atoms with Crippen LogP contribution in [0.15, 0.2) is 58.6 Å². The smallest absolute Gasteiger partial charge is 0.342 e. The van der Waals surface area contributed by atoms with Gasteiger partial charge in [0.1, 0.15) is 10.7 Å². The Morgan fingerprint density at radius 3 is 2.41 bits per heavy atom. The molecular formula is C21H20ClN3O3S. The van der Waals surface area contributed by atoms with Crippen molar-refractivity contribution >= 4 is 35.4 Å². The minimum atomic E-state index is -1.03. The number of benzene rings is 2. The SMILES string of the molecule is CCOc1ccc(/C=C(\Sc2nnc(-c3ccc(Cl)cc3)n2CC)C(=O)O)cc1. The molecule has 0 saturated heterocycles. The molecule has 0 aliphatic heterocycles. The molecule has 0 unspecified atom stereocenters. The van der Waals surface area contributed by atoms with Crippen LogP contribution in [0.2, 0.25) is 5.02 Å². The summed E-state index contributed by atoms with van der Waals surface area (Å²) in [5.74, 6) is 0.382. The van der Waals surface area contributed by atoms with Gasteiger partial charge >= 0.3 is 5.97 Å². The van der Waals surface area contributed by atoms with Gasteiger partial charge in [-0.3, -0.25) is 0 Å². The Balaban J connectivity index is 1.89. The summed E-state index contributed by atoms with van der Waals surface area (Å²) in [6, 6.07) is 14.6. The van der Waals surface area contributed by atoms with Crippen LogP contribution in [0.1, 0.15) is 19.4 Å². The normalized spacial score (nSPS) is 11.5. The summed E-state index contributed by atoms with van der Waals surface area (Å²) in [7, 11) is 0. The van der Waals surface area contributed by atoms with Crippen LogP contribution in [0.5, 0.6) is 5.75 Å². The number of ether oxygens (including phenoxy) is 1. The Morgan fingerprint density at radius 1 is 1.14 bits per heavy atom. The number of hydrogen-bond acceptors (Lipinski definition) is 5. The van der Waals surface area contributed by atoms with Crippen LogP contribution in [0.3, 0.4) is 0 Å². The molecule has 0 fully saturated rings. The molecule has 1 aromatic heterocycles. The topological polar surface area (TPSA) is 77.2 Å². The van der Waals surface area contributed by atoms with Gasteiger partial charge in [-0.05, 0) is 73.6 Å². The molecule has 3 rings (SSSR count). The van der Waals surface area contributed by atoms with E-state index in [1.807, 2.05) is 54.8 Å². The van der Waals surface area contributed by atoms with Crippen LogP contribution in [-0.4, -0.2) is 32.4 Å². The van der Waals surface area contributed by atoms with E-state index in [1.54, 1.807) is 18.2 Å². The molecule has 0 atom stereocenters. The molecule has 0 saturated carbocycles. The van der Waals surface area contributed by atoms with Gasteiger partial charge in [-0.1, -0.05) is 23.7 Å². The van der Waals surface area contributed by atoms with Crippen molar-refractivity contribution in [2.75, 3.05) is 6.61 Å². The van der Waals surface area contributed by atoms with E-state index in [1.165, 1.54) is 0 Å². The van der Waals surface area contributed by atoms with Crippen molar-refractivity contribution in [3.05, 3.63) is 64.0 Å². The van der Waals surface area contributed by atoms with Gasteiger partial charge in [0.25, 0.3) is 0 Å². The van der Waals surface area contributed by atoms with E-state index < -0.39 is 5.97 Å². The van der Waals surface area contributed by atoms with Crippen molar-refractivity contribution in [3.63, 3.8) is 0 Å². The molecule has 0 bridgehead atoms. The second-order valence-electron chi connectivity index (χ2n) is 5.98. The third-order valence-corrected chi connectivity index (χ3v) is 5.29. The van der Waals surface area contributed by atoms with Crippen molar-refractivity contribution in [2.24, 2.45) is 0 Å². The average molecular weight is 430 g/mol. The molecule has 6 nitrogen and oxygen atoms in total. The lowest BCUT2D eigenvalue weighted by atomic mass is 10.2. The number of thioether (sulfide) groups is 1. The van der Waals surface area contributed by atoms with E-state index in [0.29, 0.717) is 29.2 Å². The highest BCUT2D eigenvalue weighted by atomic mass is 35.5.